The fourth-order valence-electron chi connectivity index (χ4n) is 3.09. The van der Waals surface area contributed by atoms with Crippen molar-refractivity contribution in [2.24, 2.45) is 10.9 Å². The average molecular weight is 333 g/mol. The average Bonchev–Trinajstić information content (AvgIpc) is 2.54. The van der Waals surface area contributed by atoms with Crippen LogP contribution < -0.4 is 10.6 Å². The maximum atomic E-state index is 12.7. The third-order valence-electron chi connectivity index (χ3n) is 4.55. The summed E-state index contributed by atoms with van der Waals surface area (Å²) in [6.45, 7) is 2.23. The Bertz CT molecular complexity index is 427. The van der Waals surface area contributed by atoms with Gasteiger partial charge in [-0.15, -0.1) is 0 Å². The summed E-state index contributed by atoms with van der Waals surface area (Å²) in [7, 11) is 1.68. The van der Waals surface area contributed by atoms with Crippen molar-refractivity contribution in [2.45, 2.75) is 50.7 Å². The zero-order chi connectivity index (χ0) is 16.7. The highest BCUT2D eigenvalue weighted by Crippen LogP contribution is 2.37. The van der Waals surface area contributed by atoms with Crippen LogP contribution in [0.1, 0.15) is 38.5 Å². The monoisotopic (exact) mass is 333 g/mol. The zero-order valence-corrected chi connectivity index (χ0v) is 13.6. The second-order valence-corrected chi connectivity index (χ2v) is 6.17. The molecule has 132 valence electrons. The Kier molecular flexibility index (Phi) is 6.74. The Morgan fingerprint density at radius 1 is 1.30 bits per heavy atom. The molecule has 1 heterocycles. The minimum absolute atomic E-state index is 0.0714. The van der Waals surface area contributed by atoms with Crippen LogP contribution in [0.2, 0.25) is 0 Å². The van der Waals surface area contributed by atoms with Crippen LogP contribution in [-0.4, -0.2) is 45.0 Å². The molecule has 1 saturated carbocycles. The number of nitrogens with one attached hydrogen (secondary N) is 2. The Labute approximate surface area is 135 Å². The van der Waals surface area contributed by atoms with Crippen LogP contribution in [0.15, 0.2) is 16.6 Å². The molecule has 0 aromatic heterocycles. The fraction of sp³-hybridized carbons (Fsp3) is 0.812. The minimum atomic E-state index is -4.05. The molecule has 2 aliphatic rings. The van der Waals surface area contributed by atoms with Gasteiger partial charge in [0.1, 0.15) is 0 Å². The van der Waals surface area contributed by atoms with Gasteiger partial charge < -0.3 is 15.4 Å². The number of halogens is 3. The number of guanidine groups is 1. The molecule has 2 rings (SSSR count). The molecule has 0 spiro atoms. The third-order valence-corrected chi connectivity index (χ3v) is 4.55. The van der Waals surface area contributed by atoms with Gasteiger partial charge in [0, 0.05) is 19.6 Å². The smallest absolute Gasteiger partial charge is 0.377 e. The lowest BCUT2D eigenvalue weighted by molar-refractivity contribution is -0.182. The largest absolute Gasteiger partial charge is 0.391 e. The van der Waals surface area contributed by atoms with Crippen LogP contribution in [0.4, 0.5) is 13.2 Å². The summed E-state index contributed by atoms with van der Waals surface area (Å²) in [5.41, 5.74) is 1.38. The molecule has 23 heavy (non-hydrogen) atoms. The molecule has 0 unspecified atom stereocenters. The van der Waals surface area contributed by atoms with Crippen LogP contribution in [0.3, 0.4) is 0 Å². The molecule has 0 radical (unpaired) electrons. The fourth-order valence-corrected chi connectivity index (χ4v) is 3.09. The molecule has 0 atom stereocenters. The van der Waals surface area contributed by atoms with Gasteiger partial charge in [0.05, 0.1) is 19.1 Å². The van der Waals surface area contributed by atoms with Gasteiger partial charge in [-0.25, -0.2) is 0 Å². The summed E-state index contributed by atoms with van der Waals surface area (Å²) in [6.07, 6.45) is 1.43. The highest BCUT2D eigenvalue weighted by atomic mass is 19.4. The Morgan fingerprint density at radius 3 is 2.61 bits per heavy atom. The number of ether oxygens (including phenoxy) is 1. The lowest BCUT2D eigenvalue weighted by Crippen LogP contribution is -2.46. The van der Waals surface area contributed by atoms with E-state index in [1.165, 1.54) is 5.57 Å². The van der Waals surface area contributed by atoms with E-state index in [9.17, 15) is 13.2 Å². The predicted molar refractivity (Wildman–Crippen MR) is 84.4 cm³/mol. The number of nitrogens with zero attached hydrogens (tertiary/aromatic N) is 1. The number of alkyl halides is 3. The maximum Gasteiger partial charge on any atom is 0.391 e. The zero-order valence-electron chi connectivity index (χ0n) is 13.6. The first-order valence-corrected chi connectivity index (χ1v) is 8.28. The first-order chi connectivity index (χ1) is 11.0. The van der Waals surface area contributed by atoms with E-state index in [1.807, 2.05) is 0 Å². The van der Waals surface area contributed by atoms with Crippen LogP contribution in [0, 0.1) is 5.92 Å². The molecule has 0 aromatic carbocycles. The molecular formula is C16H26F3N3O. The molecule has 0 bridgehead atoms. The maximum absolute atomic E-state index is 12.7. The molecule has 0 aromatic rings. The van der Waals surface area contributed by atoms with Crippen molar-refractivity contribution in [3.8, 4) is 0 Å². The Balaban J connectivity index is 1.68. The van der Waals surface area contributed by atoms with E-state index in [4.69, 9.17) is 4.74 Å². The summed E-state index contributed by atoms with van der Waals surface area (Å²) in [5.74, 6) is -0.468. The topological polar surface area (TPSA) is 45.7 Å². The summed E-state index contributed by atoms with van der Waals surface area (Å²) >= 11 is 0. The van der Waals surface area contributed by atoms with E-state index in [0.29, 0.717) is 25.4 Å². The summed E-state index contributed by atoms with van der Waals surface area (Å²) in [5, 5.41) is 6.48. The van der Waals surface area contributed by atoms with E-state index in [0.717, 1.165) is 26.0 Å². The molecule has 2 N–H and O–H groups in total. The number of rotatable bonds is 4. The standard InChI is InChI=1S/C16H26F3N3O/c1-20-15(21-9-6-12-7-10-23-11-8-12)22-14-4-2-13(3-5-14)16(17,18)19/h7,13-14H,2-6,8-11H2,1H3,(H2,20,21,22). The quantitative estimate of drug-likeness (QED) is 0.472. The van der Waals surface area contributed by atoms with Crippen molar-refractivity contribution in [1.82, 2.24) is 10.6 Å². The summed E-state index contributed by atoms with van der Waals surface area (Å²) < 4.78 is 43.3. The van der Waals surface area contributed by atoms with E-state index in [-0.39, 0.29) is 18.9 Å². The van der Waals surface area contributed by atoms with Crippen LogP contribution in [0.25, 0.3) is 0 Å². The minimum Gasteiger partial charge on any atom is -0.377 e. The van der Waals surface area contributed by atoms with E-state index in [1.54, 1.807) is 7.05 Å². The van der Waals surface area contributed by atoms with Crippen molar-refractivity contribution in [2.75, 3.05) is 26.8 Å². The second-order valence-electron chi connectivity index (χ2n) is 6.17. The van der Waals surface area contributed by atoms with E-state index < -0.39 is 12.1 Å². The molecule has 1 fully saturated rings. The third kappa shape index (κ3) is 6.05. The molecule has 1 aliphatic heterocycles. The first kappa shape index (κ1) is 18.1. The summed E-state index contributed by atoms with van der Waals surface area (Å²) in [4.78, 5) is 4.16. The number of hydrogen-bond acceptors (Lipinski definition) is 2. The second kappa shape index (κ2) is 8.57. The molecule has 7 heteroatoms. The highest BCUT2D eigenvalue weighted by Gasteiger charge is 2.41. The normalized spacial score (nSPS) is 26.6. The van der Waals surface area contributed by atoms with Gasteiger partial charge in [-0.2, -0.15) is 13.2 Å². The van der Waals surface area contributed by atoms with Crippen molar-refractivity contribution < 1.29 is 17.9 Å². The SMILES string of the molecule is CN=C(NCCC1=CCOCC1)NC1CCC(C(F)(F)F)CC1. The van der Waals surface area contributed by atoms with E-state index >= 15 is 0 Å². The van der Waals surface area contributed by atoms with Gasteiger partial charge >= 0.3 is 6.18 Å². The molecule has 4 nitrogen and oxygen atoms in total. The highest BCUT2D eigenvalue weighted by molar-refractivity contribution is 5.79. The van der Waals surface area contributed by atoms with Crippen molar-refractivity contribution in [3.05, 3.63) is 11.6 Å². The van der Waals surface area contributed by atoms with Gasteiger partial charge in [-0.3, -0.25) is 4.99 Å². The molecule has 0 saturated heterocycles. The summed E-state index contributed by atoms with van der Waals surface area (Å²) in [6, 6.07) is 0.0714. The Morgan fingerprint density at radius 2 is 2.04 bits per heavy atom. The Hall–Kier alpha value is -1.24. The van der Waals surface area contributed by atoms with Gasteiger partial charge in [0.2, 0.25) is 0 Å². The van der Waals surface area contributed by atoms with Gasteiger partial charge in [-0.05, 0) is 38.5 Å². The lowest BCUT2D eigenvalue weighted by atomic mass is 9.85. The predicted octanol–water partition coefficient (Wildman–Crippen LogP) is 3.01. The first-order valence-electron chi connectivity index (χ1n) is 8.28. The van der Waals surface area contributed by atoms with Crippen molar-refractivity contribution in [3.63, 3.8) is 0 Å². The van der Waals surface area contributed by atoms with Crippen LogP contribution in [0.5, 0.6) is 0 Å². The van der Waals surface area contributed by atoms with Gasteiger partial charge in [-0.1, -0.05) is 11.6 Å². The molecule has 0 amide bonds. The van der Waals surface area contributed by atoms with Crippen LogP contribution >= 0.6 is 0 Å². The van der Waals surface area contributed by atoms with E-state index in [2.05, 4.69) is 21.7 Å². The molecular weight excluding hydrogens is 307 g/mol. The number of hydrogen-bond donors (Lipinski definition) is 2. The van der Waals surface area contributed by atoms with Crippen LogP contribution in [-0.2, 0) is 4.74 Å². The van der Waals surface area contributed by atoms with Crippen molar-refractivity contribution >= 4 is 5.96 Å². The van der Waals surface area contributed by atoms with Gasteiger partial charge in [0.15, 0.2) is 5.96 Å². The lowest BCUT2D eigenvalue weighted by Gasteiger charge is -2.31. The van der Waals surface area contributed by atoms with Crippen molar-refractivity contribution in [1.29, 1.82) is 0 Å². The van der Waals surface area contributed by atoms with Gasteiger partial charge in [0.25, 0.3) is 0 Å². The molecule has 1 aliphatic carbocycles. The number of aliphatic imine (C=N–C) groups is 1.